The van der Waals surface area contributed by atoms with Gasteiger partial charge in [0.2, 0.25) is 0 Å². The first-order chi connectivity index (χ1) is 12.3. The Hall–Kier alpha value is -2.17. The van der Waals surface area contributed by atoms with Gasteiger partial charge in [0, 0.05) is 6.20 Å². The van der Waals surface area contributed by atoms with E-state index >= 15 is 0 Å². The average Bonchev–Trinajstić information content (AvgIpc) is 3.21. The summed E-state index contributed by atoms with van der Waals surface area (Å²) < 4.78 is 14.7. The van der Waals surface area contributed by atoms with E-state index in [2.05, 4.69) is 24.3 Å². The van der Waals surface area contributed by atoms with Crippen LogP contribution >= 0.6 is 34.7 Å². The number of aromatic nitrogens is 3. The van der Waals surface area contributed by atoms with E-state index in [1.165, 1.54) is 31.3 Å². The minimum absolute atomic E-state index is 0.00455. The molecule has 0 saturated carbocycles. The number of hydrogen-bond acceptors (Lipinski definition) is 8. The molecule has 2 aromatic rings. The lowest BCUT2D eigenvalue weighted by atomic mass is 10.1. The quantitative estimate of drug-likeness (QED) is 0.684. The zero-order valence-electron chi connectivity index (χ0n) is 13.7. The van der Waals surface area contributed by atoms with Crippen molar-refractivity contribution in [2.45, 2.75) is 18.9 Å². The third-order valence-corrected chi connectivity index (χ3v) is 4.92. The standard InChI is InChI=1S/C14H14Cl2N4O5S/c1-24-9(21)3-8(4-10(22)25-2)20-6-7(5-17-20)18-14(23)12-11(15)13(16)26-19-12/h5-6,8H,3-4H2,1-2H3,(H,18,23). The van der Waals surface area contributed by atoms with Crippen LogP contribution in [0.4, 0.5) is 5.69 Å². The van der Waals surface area contributed by atoms with Crippen LogP contribution in [0.5, 0.6) is 0 Å². The SMILES string of the molecule is COC(=O)CC(CC(=O)OC)n1cc(NC(=O)c2nsc(Cl)c2Cl)cn1. The number of amides is 1. The lowest BCUT2D eigenvalue weighted by Crippen LogP contribution is -2.19. The molecule has 0 unspecified atom stereocenters. The number of nitrogens with zero attached hydrogens (tertiary/aromatic N) is 3. The van der Waals surface area contributed by atoms with E-state index in [-0.39, 0.29) is 27.9 Å². The smallest absolute Gasteiger partial charge is 0.307 e. The van der Waals surface area contributed by atoms with Gasteiger partial charge in [0.05, 0.1) is 45.0 Å². The van der Waals surface area contributed by atoms with Crippen molar-refractivity contribution < 1.29 is 23.9 Å². The molecule has 0 aliphatic rings. The van der Waals surface area contributed by atoms with Crippen molar-refractivity contribution in [1.29, 1.82) is 0 Å². The minimum Gasteiger partial charge on any atom is -0.469 e. The molecule has 0 bridgehead atoms. The molecule has 0 saturated heterocycles. The van der Waals surface area contributed by atoms with Crippen molar-refractivity contribution in [1.82, 2.24) is 14.2 Å². The van der Waals surface area contributed by atoms with E-state index in [9.17, 15) is 14.4 Å². The molecule has 0 aliphatic carbocycles. The molecule has 0 radical (unpaired) electrons. The fraction of sp³-hybridized carbons (Fsp3) is 0.357. The molecule has 9 nitrogen and oxygen atoms in total. The van der Waals surface area contributed by atoms with Crippen molar-refractivity contribution in [3.63, 3.8) is 0 Å². The molecule has 12 heteroatoms. The molecule has 0 aromatic carbocycles. The number of ether oxygens (including phenoxy) is 2. The topological polar surface area (TPSA) is 112 Å². The van der Waals surface area contributed by atoms with Crippen LogP contribution in [-0.2, 0) is 19.1 Å². The third kappa shape index (κ3) is 4.93. The Kier molecular flexibility index (Phi) is 6.95. The summed E-state index contributed by atoms with van der Waals surface area (Å²) in [5.74, 6) is -1.58. The first-order valence-electron chi connectivity index (χ1n) is 7.15. The Labute approximate surface area is 162 Å². The van der Waals surface area contributed by atoms with Crippen molar-refractivity contribution in [2.75, 3.05) is 19.5 Å². The highest BCUT2D eigenvalue weighted by Gasteiger charge is 2.23. The van der Waals surface area contributed by atoms with Crippen molar-refractivity contribution >= 4 is 58.3 Å². The van der Waals surface area contributed by atoms with Gasteiger partial charge in [-0.2, -0.15) is 9.47 Å². The molecule has 1 N–H and O–H groups in total. The van der Waals surface area contributed by atoms with E-state index in [1.54, 1.807) is 0 Å². The van der Waals surface area contributed by atoms with Crippen LogP contribution in [0.25, 0.3) is 0 Å². The van der Waals surface area contributed by atoms with Gasteiger partial charge in [-0.05, 0) is 11.5 Å². The second-order valence-corrected chi connectivity index (χ2v) is 6.75. The van der Waals surface area contributed by atoms with Gasteiger partial charge < -0.3 is 14.8 Å². The molecule has 0 spiro atoms. The van der Waals surface area contributed by atoms with E-state index < -0.39 is 23.9 Å². The predicted molar refractivity (Wildman–Crippen MR) is 94.6 cm³/mol. The van der Waals surface area contributed by atoms with Crippen LogP contribution in [0.15, 0.2) is 12.4 Å². The van der Waals surface area contributed by atoms with E-state index in [1.807, 2.05) is 0 Å². The molecule has 2 rings (SSSR count). The van der Waals surface area contributed by atoms with Gasteiger partial charge in [-0.1, -0.05) is 23.2 Å². The summed E-state index contributed by atoms with van der Waals surface area (Å²) in [6, 6.07) is -0.627. The Morgan fingerprint density at radius 2 is 1.85 bits per heavy atom. The fourth-order valence-electron chi connectivity index (χ4n) is 2.00. The summed E-state index contributed by atoms with van der Waals surface area (Å²) in [6.07, 6.45) is 2.65. The van der Waals surface area contributed by atoms with Crippen LogP contribution in [0.2, 0.25) is 9.36 Å². The Morgan fingerprint density at radius 1 is 1.23 bits per heavy atom. The van der Waals surface area contributed by atoms with Gasteiger partial charge in [0.25, 0.3) is 5.91 Å². The second-order valence-electron chi connectivity index (χ2n) is 5.00. The summed E-state index contributed by atoms with van der Waals surface area (Å²) in [5, 5.41) is 6.71. The van der Waals surface area contributed by atoms with Crippen molar-refractivity contribution in [3.8, 4) is 0 Å². The fourth-order valence-corrected chi connectivity index (χ4v) is 3.00. The van der Waals surface area contributed by atoms with Gasteiger partial charge >= 0.3 is 11.9 Å². The third-order valence-electron chi connectivity index (χ3n) is 3.31. The monoisotopic (exact) mass is 420 g/mol. The highest BCUT2D eigenvalue weighted by atomic mass is 35.5. The summed E-state index contributed by atoms with van der Waals surface area (Å²) in [7, 11) is 2.49. The number of anilines is 1. The Balaban J connectivity index is 2.14. The zero-order valence-corrected chi connectivity index (χ0v) is 16.0. The number of halogens is 2. The Bertz CT molecular complexity index is 804. The predicted octanol–water partition coefficient (Wildman–Crippen LogP) is 2.57. The molecule has 2 aromatic heterocycles. The van der Waals surface area contributed by atoms with Crippen LogP contribution < -0.4 is 5.32 Å². The summed E-state index contributed by atoms with van der Waals surface area (Å²) in [4.78, 5) is 35.3. The number of carbonyl (C=O) groups excluding carboxylic acids is 3. The highest BCUT2D eigenvalue weighted by Crippen LogP contribution is 2.30. The van der Waals surface area contributed by atoms with Gasteiger partial charge in [-0.25, -0.2) is 0 Å². The van der Waals surface area contributed by atoms with Gasteiger partial charge in [0.1, 0.15) is 9.36 Å². The van der Waals surface area contributed by atoms with E-state index in [0.717, 1.165) is 11.5 Å². The molecule has 0 atom stereocenters. The number of carbonyl (C=O) groups is 3. The van der Waals surface area contributed by atoms with Crippen LogP contribution in [0.3, 0.4) is 0 Å². The number of rotatable bonds is 7. The molecule has 2 heterocycles. The van der Waals surface area contributed by atoms with Crippen molar-refractivity contribution in [3.05, 3.63) is 27.4 Å². The maximum atomic E-state index is 12.2. The van der Waals surface area contributed by atoms with Gasteiger partial charge in [-0.3, -0.25) is 19.1 Å². The summed E-state index contributed by atoms with van der Waals surface area (Å²) >= 11 is 12.6. The van der Waals surface area contributed by atoms with Gasteiger partial charge in [-0.15, -0.1) is 0 Å². The van der Waals surface area contributed by atoms with E-state index in [0.29, 0.717) is 5.69 Å². The number of methoxy groups -OCH3 is 2. The maximum Gasteiger partial charge on any atom is 0.307 e. The van der Waals surface area contributed by atoms with Crippen LogP contribution in [0, 0.1) is 0 Å². The zero-order chi connectivity index (χ0) is 19.3. The van der Waals surface area contributed by atoms with Crippen LogP contribution in [-0.4, -0.2) is 46.2 Å². The number of esters is 2. The minimum atomic E-state index is -0.627. The number of hydrogen-bond donors (Lipinski definition) is 1. The first-order valence-corrected chi connectivity index (χ1v) is 8.68. The second kappa shape index (κ2) is 8.97. The molecular weight excluding hydrogens is 407 g/mol. The molecule has 26 heavy (non-hydrogen) atoms. The molecule has 140 valence electrons. The summed E-state index contributed by atoms with van der Waals surface area (Å²) in [6.45, 7) is 0. The van der Waals surface area contributed by atoms with Crippen LogP contribution in [0.1, 0.15) is 29.4 Å². The molecule has 0 fully saturated rings. The first kappa shape index (κ1) is 20.1. The van der Waals surface area contributed by atoms with E-state index in [4.69, 9.17) is 23.2 Å². The normalized spacial score (nSPS) is 10.7. The molecule has 1 amide bonds. The van der Waals surface area contributed by atoms with Gasteiger partial charge in [0.15, 0.2) is 5.69 Å². The average molecular weight is 421 g/mol. The van der Waals surface area contributed by atoms with Crippen molar-refractivity contribution in [2.24, 2.45) is 0 Å². The highest BCUT2D eigenvalue weighted by molar-refractivity contribution is 7.11. The molecule has 0 aliphatic heterocycles. The largest absolute Gasteiger partial charge is 0.469 e. The molecular formula is C14H14Cl2N4O5S. The summed E-state index contributed by atoms with van der Waals surface area (Å²) in [5.41, 5.74) is 0.324. The lowest BCUT2D eigenvalue weighted by Gasteiger charge is -2.15. The number of nitrogens with one attached hydrogen (secondary N) is 1. The lowest BCUT2D eigenvalue weighted by molar-refractivity contribution is -0.144. The Morgan fingerprint density at radius 3 is 2.35 bits per heavy atom. The maximum absolute atomic E-state index is 12.2.